The first-order valence-corrected chi connectivity index (χ1v) is 11.3. The molecule has 0 unspecified atom stereocenters. The van der Waals surface area contributed by atoms with Gasteiger partial charge in [-0.1, -0.05) is 54.2 Å². The normalized spacial score (nSPS) is 16.9. The van der Waals surface area contributed by atoms with E-state index in [1.54, 1.807) is 28.9 Å². The van der Waals surface area contributed by atoms with Crippen molar-refractivity contribution in [3.05, 3.63) is 102 Å². The van der Waals surface area contributed by atoms with Gasteiger partial charge in [0.05, 0.1) is 11.7 Å². The van der Waals surface area contributed by atoms with Crippen LogP contribution in [0.25, 0.3) is 0 Å². The van der Waals surface area contributed by atoms with Gasteiger partial charge in [0.2, 0.25) is 11.1 Å². The van der Waals surface area contributed by atoms with E-state index in [0.29, 0.717) is 22.3 Å². The Morgan fingerprint density at radius 3 is 2.50 bits per heavy atom. The number of nitrogens with one attached hydrogen (secondary N) is 2. The predicted octanol–water partition coefficient (Wildman–Crippen LogP) is 4.53. The topological polar surface area (TPSA) is 81.1 Å². The molecule has 5 rings (SSSR count). The van der Waals surface area contributed by atoms with Crippen molar-refractivity contribution in [1.82, 2.24) is 14.9 Å². The Balaban J connectivity index is 1.43. The van der Waals surface area contributed by atoms with Crippen molar-refractivity contribution in [2.24, 2.45) is 0 Å². The first-order chi connectivity index (χ1) is 16.6. The van der Waals surface area contributed by atoms with Crippen molar-refractivity contribution in [2.45, 2.75) is 23.1 Å². The number of ether oxygens (including phenoxy) is 1. The zero-order valence-electron chi connectivity index (χ0n) is 17.7. The molecule has 0 spiro atoms. The maximum absolute atomic E-state index is 14.1. The minimum absolute atomic E-state index is 0.0787. The molecule has 3 aromatic carbocycles. The molecule has 0 fully saturated rings. The number of thioether (sulfide) groups is 1. The van der Waals surface area contributed by atoms with E-state index in [4.69, 9.17) is 4.74 Å². The Morgan fingerprint density at radius 1 is 1.00 bits per heavy atom. The molecule has 0 bridgehead atoms. The quantitative estimate of drug-likeness (QED) is 0.423. The van der Waals surface area contributed by atoms with Crippen molar-refractivity contribution in [3.8, 4) is 5.75 Å². The molecule has 4 aromatic rings. The Bertz CT molecular complexity index is 1300. The zero-order chi connectivity index (χ0) is 23.5. The van der Waals surface area contributed by atoms with E-state index in [2.05, 4.69) is 20.9 Å². The summed E-state index contributed by atoms with van der Waals surface area (Å²) in [6, 6.07) is 20.5. The summed E-state index contributed by atoms with van der Waals surface area (Å²) in [6.07, 6.45) is 0. The summed E-state index contributed by atoms with van der Waals surface area (Å²) in [7, 11) is 0. The largest absolute Gasteiger partial charge is 0.486 e. The molecule has 0 aliphatic carbocycles. The van der Waals surface area contributed by atoms with E-state index in [1.165, 1.54) is 36.0 Å². The second kappa shape index (κ2) is 9.52. The number of benzene rings is 3. The SMILES string of the molecule is O=C(Nc1ccccc1F)[C@@H]1Sc2nnc(COc3ccccc3)n2N[C@@H]1c1ccc(F)cc1. The lowest BCUT2D eigenvalue weighted by atomic mass is 10.0. The van der Waals surface area contributed by atoms with Crippen LogP contribution in [0, 0.1) is 11.6 Å². The molecule has 1 amide bonds. The van der Waals surface area contributed by atoms with Gasteiger partial charge in [-0.3, -0.25) is 4.79 Å². The summed E-state index contributed by atoms with van der Waals surface area (Å²) in [5.74, 6) is -0.159. The lowest BCUT2D eigenvalue weighted by Gasteiger charge is -2.33. The molecule has 1 aliphatic heterocycles. The minimum atomic E-state index is -0.732. The monoisotopic (exact) mass is 479 g/mol. The molecule has 1 aromatic heterocycles. The third-order valence-electron chi connectivity index (χ3n) is 5.23. The average molecular weight is 480 g/mol. The highest BCUT2D eigenvalue weighted by Crippen LogP contribution is 2.38. The number of para-hydroxylation sites is 2. The van der Waals surface area contributed by atoms with Crippen LogP contribution in [0.4, 0.5) is 14.5 Å². The molecule has 0 radical (unpaired) electrons. The van der Waals surface area contributed by atoms with E-state index in [1.807, 2.05) is 30.3 Å². The third-order valence-corrected chi connectivity index (χ3v) is 6.45. The Kier molecular flexibility index (Phi) is 6.13. The fourth-order valence-corrected chi connectivity index (χ4v) is 4.64. The number of halogens is 2. The molecule has 7 nitrogen and oxygen atoms in total. The van der Waals surface area contributed by atoms with Gasteiger partial charge in [0.1, 0.15) is 29.2 Å². The summed E-state index contributed by atoms with van der Waals surface area (Å²) in [6.45, 7) is 0.146. The van der Waals surface area contributed by atoms with Crippen molar-refractivity contribution in [3.63, 3.8) is 0 Å². The highest BCUT2D eigenvalue weighted by Gasteiger charge is 2.38. The van der Waals surface area contributed by atoms with Crippen LogP contribution in [-0.2, 0) is 11.4 Å². The van der Waals surface area contributed by atoms with Gasteiger partial charge >= 0.3 is 0 Å². The highest BCUT2D eigenvalue weighted by molar-refractivity contribution is 8.00. The molecule has 0 saturated heterocycles. The maximum Gasteiger partial charge on any atom is 0.240 e. The molecule has 172 valence electrons. The van der Waals surface area contributed by atoms with Crippen molar-refractivity contribution in [1.29, 1.82) is 0 Å². The Hall–Kier alpha value is -3.92. The molecule has 2 atom stereocenters. The fourth-order valence-electron chi connectivity index (χ4n) is 3.54. The van der Waals surface area contributed by atoms with Gasteiger partial charge in [0.25, 0.3) is 0 Å². The first kappa shape index (κ1) is 21.9. The number of nitrogens with zero attached hydrogens (tertiary/aromatic N) is 3. The van der Waals surface area contributed by atoms with Crippen LogP contribution in [0.2, 0.25) is 0 Å². The molecular weight excluding hydrogens is 460 g/mol. The average Bonchev–Trinajstić information content (AvgIpc) is 3.26. The number of carbonyl (C=O) groups is 1. The summed E-state index contributed by atoms with van der Waals surface area (Å²) in [4.78, 5) is 13.2. The van der Waals surface area contributed by atoms with Crippen molar-refractivity contribution in [2.75, 3.05) is 10.7 Å². The van der Waals surface area contributed by atoms with Crippen molar-refractivity contribution < 1.29 is 18.3 Å². The molecule has 10 heteroatoms. The predicted molar refractivity (Wildman–Crippen MR) is 124 cm³/mol. The number of rotatable bonds is 6. The highest BCUT2D eigenvalue weighted by atomic mass is 32.2. The molecule has 2 heterocycles. The Morgan fingerprint density at radius 2 is 1.74 bits per heavy atom. The number of fused-ring (bicyclic) bond motifs is 1. The van der Waals surface area contributed by atoms with E-state index in [-0.39, 0.29) is 18.1 Å². The van der Waals surface area contributed by atoms with Gasteiger partial charge in [-0.2, -0.15) is 0 Å². The molecule has 2 N–H and O–H groups in total. The van der Waals surface area contributed by atoms with Gasteiger partial charge in [0, 0.05) is 0 Å². The van der Waals surface area contributed by atoms with E-state index in [9.17, 15) is 13.6 Å². The smallest absolute Gasteiger partial charge is 0.240 e. The summed E-state index contributed by atoms with van der Waals surface area (Å²) < 4.78 is 35.2. The van der Waals surface area contributed by atoms with Gasteiger partial charge in [-0.05, 0) is 42.0 Å². The van der Waals surface area contributed by atoms with E-state index >= 15 is 0 Å². The van der Waals surface area contributed by atoms with E-state index < -0.39 is 23.0 Å². The lowest BCUT2D eigenvalue weighted by molar-refractivity contribution is -0.116. The Labute approximate surface area is 198 Å². The summed E-state index contributed by atoms with van der Waals surface area (Å²) >= 11 is 1.18. The number of hydrogen-bond acceptors (Lipinski definition) is 6. The summed E-state index contributed by atoms with van der Waals surface area (Å²) in [5.41, 5.74) is 4.02. The molecular formula is C24H19F2N5O2S. The van der Waals surface area contributed by atoms with Crippen LogP contribution < -0.4 is 15.5 Å². The molecule has 34 heavy (non-hydrogen) atoms. The van der Waals surface area contributed by atoms with Crippen LogP contribution in [0.5, 0.6) is 5.75 Å². The fraction of sp³-hybridized carbons (Fsp3) is 0.125. The standard InChI is InChI=1S/C24H19F2N5O2S/c25-16-12-10-15(11-13-16)21-22(23(32)27-19-9-5-4-8-18(19)26)34-24-29-28-20(31(24)30-21)14-33-17-6-2-1-3-7-17/h1-13,21-22,30H,14H2,(H,27,32)/t21-,22-/m1/s1. The van der Waals surface area contributed by atoms with Gasteiger partial charge in [-0.25, -0.2) is 13.5 Å². The summed E-state index contributed by atoms with van der Waals surface area (Å²) in [5, 5.41) is 10.8. The van der Waals surface area contributed by atoms with Crippen LogP contribution in [0.15, 0.2) is 84.0 Å². The van der Waals surface area contributed by atoms with Crippen molar-refractivity contribution >= 4 is 23.4 Å². The van der Waals surface area contributed by atoms with Crippen LogP contribution >= 0.6 is 11.8 Å². The second-order valence-electron chi connectivity index (χ2n) is 7.50. The van der Waals surface area contributed by atoms with Crippen LogP contribution in [-0.4, -0.2) is 26.0 Å². The number of hydrogen-bond donors (Lipinski definition) is 2. The van der Waals surface area contributed by atoms with E-state index in [0.717, 1.165) is 0 Å². The molecule has 0 saturated carbocycles. The zero-order valence-corrected chi connectivity index (χ0v) is 18.5. The number of amides is 1. The van der Waals surface area contributed by atoms with Gasteiger partial charge in [0.15, 0.2) is 5.82 Å². The molecule has 1 aliphatic rings. The maximum atomic E-state index is 14.1. The number of anilines is 1. The third kappa shape index (κ3) is 4.58. The number of aromatic nitrogens is 3. The van der Waals surface area contributed by atoms with Gasteiger partial charge in [-0.15, -0.1) is 10.2 Å². The number of carbonyl (C=O) groups excluding carboxylic acids is 1. The van der Waals surface area contributed by atoms with Gasteiger partial charge < -0.3 is 15.5 Å². The first-order valence-electron chi connectivity index (χ1n) is 10.4. The minimum Gasteiger partial charge on any atom is -0.486 e. The second-order valence-corrected chi connectivity index (χ2v) is 8.61. The van der Waals surface area contributed by atoms with Crippen LogP contribution in [0.3, 0.4) is 0 Å². The van der Waals surface area contributed by atoms with Crippen LogP contribution in [0.1, 0.15) is 17.4 Å². The lowest BCUT2D eigenvalue weighted by Crippen LogP contribution is -2.41.